The van der Waals surface area contributed by atoms with Crippen LogP contribution in [0.15, 0.2) is 41.8 Å². The van der Waals surface area contributed by atoms with Gasteiger partial charge in [0.25, 0.3) is 5.91 Å². The molecule has 0 unspecified atom stereocenters. The summed E-state index contributed by atoms with van der Waals surface area (Å²) in [6.07, 6.45) is -1.97. The Kier molecular flexibility index (Phi) is 6.72. The summed E-state index contributed by atoms with van der Waals surface area (Å²) in [5.41, 5.74) is 1.95. The molecule has 0 saturated carbocycles. The normalized spacial score (nSPS) is 11.6. The number of carbonyl (C=O) groups is 2. The Morgan fingerprint density at radius 3 is 2.41 bits per heavy atom. The number of hydrogen-bond donors (Lipinski definition) is 0. The van der Waals surface area contributed by atoms with Gasteiger partial charge in [0, 0.05) is 38.1 Å². The van der Waals surface area contributed by atoms with Crippen LogP contribution < -0.4 is 0 Å². The number of benzene rings is 1. The molecule has 0 N–H and O–H groups in total. The summed E-state index contributed by atoms with van der Waals surface area (Å²) >= 11 is 0.545. The number of alkyl halides is 3. The number of thioether (sulfide) groups is 1. The second-order valence-corrected chi connectivity index (χ2v) is 7.96. The van der Waals surface area contributed by atoms with Crippen LogP contribution in [0, 0.1) is 12.7 Å². The van der Waals surface area contributed by atoms with E-state index < -0.39 is 29.4 Å². The first-order valence-electron chi connectivity index (χ1n) is 9.28. The molecule has 0 atom stereocenters. The molecule has 0 fully saturated rings. The van der Waals surface area contributed by atoms with Gasteiger partial charge in [-0.1, -0.05) is 11.8 Å². The maximum absolute atomic E-state index is 13.4. The van der Waals surface area contributed by atoms with Crippen LogP contribution in [0.5, 0.6) is 0 Å². The number of nitrogens with zero attached hydrogens (tertiary/aromatic N) is 5. The lowest BCUT2D eigenvalue weighted by atomic mass is 10.2. The molecule has 0 bridgehead atoms. The van der Waals surface area contributed by atoms with E-state index in [4.69, 9.17) is 0 Å². The van der Waals surface area contributed by atoms with Gasteiger partial charge in [-0.25, -0.2) is 9.37 Å². The maximum atomic E-state index is 13.4. The molecule has 0 aliphatic rings. The zero-order valence-corrected chi connectivity index (χ0v) is 18.2. The maximum Gasteiger partial charge on any atom is 0.450 e. The van der Waals surface area contributed by atoms with Crippen molar-refractivity contribution in [2.75, 3.05) is 12.8 Å². The van der Waals surface area contributed by atoms with Gasteiger partial charge in [0.15, 0.2) is 5.16 Å². The lowest BCUT2D eigenvalue weighted by Gasteiger charge is -2.18. The van der Waals surface area contributed by atoms with Gasteiger partial charge in [-0.05, 0) is 31.2 Å². The van der Waals surface area contributed by atoms with Gasteiger partial charge in [-0.15, -0.1) is 0 Å². The lowest BCUT2D eigenvalue weighted by molar-refractivity contribution is -0.167. The largest absolute Gasteiger partial charge is 0.450 e. The van der Waals surface area contributed by atoms with Gasteiger partial charge >= 0.3 is 6.18 Å². The van der Waals surface area contributed by atoms with E-state index in [0.717, 1.165) is 23.4 Å². The predicted octanol–water partition coefficient (Wildman–Crippen LogP) is 3.55. The second-order valence-electron chi connectivity index (χ2n) is 7.02. The highest BCUT2D eigenvalue weighted by atomic mass is 32.2. The number of aryl methyl sites for hydroxylation is 2. The highest BCUT2D eigenvalue weighted by molar-refractivity contribution is 7.99. The van der Waals surface area contributed by atoms with Crippen molar-refractivity contribution in [2.45, 2.75) is 24.8 Å². The Morgan fingerprint density at radius 2 is 1.84 bits per heavy atom. The molecular weight excluding hydrogens is 450 g/mol. The molecule has 0 spiro atoms. The molecule has 1 aromatic carbocycles. The smallest absolute Gasteiger partial charge is 0.336 e. The van der Waals surface area contributed by atoms with E-state index in [9.17, 15) is 27.2 Å². The van der Waals surface area contributed by atoms with Crippen LogP contribution in [0.3, 0.4) is 0 Å². The summed E-state index contributed by atoms with van der Waals surface area (Å²) in [5, 5.41) is 4.24. The minimum atomic E-state index is -4.97. The van der Waals surface area contributed by atoms with Gasteiger partial charge in [0.1, 0.15) is 11.5 Å². The monoisotopic (exact) mass is 469 g/mol. The molecule has 7 nitrogen and oxygen atoms in total. The number of Topliss-reactive ketones (excluding diaryl/α,β-unsaturated/α-hetero) is 1. The number of hydrogen-bond acceptors (Lipinski definition) is 5. The molecule has 12 heteroatoms. The molecule has 0 aliphatic carbocycles. The van der Waals surface area contributed by atoms with Gasteiger partial charge in [-0.3, -0.25) is 18.8 Å². The molecule has 0 radical (unpaired) electrons. The molecule has 0 aliphatic heterocycles. The quantitative estimate of drug-likeness (QED) is 0.391. The fourth-order valence-electron chi connectivity index (χ4n) is 2.97. The van der Waals surface area contributed by atoms with E-state index in [1.807, 2.05) is 6.92 Å². The summed E-state index contributed by atoms with van der Waals surface area (Å²) in [4.78, 5) is 29.9. The Hall–Kier alpha value is -3.15. The van der Waals surface area contributed by atoms with E-state index in [1.165, 1.54) is 27.8 Å². The highest BCUT2D eigenvalue weighted by Crippen LogP contribution is 2.27. The van der Waals surface area contributed by atoms with Crippen LogP contribution in [0.2, 0.25) is 0 Å². The molecule has 2 heterocycles. The topological polar surface area (TPSA) is 73.0 Å². The Bertz CT molecular complexity index is 1140. The van der Waals surface area contributed by atoms with Crippen molar-refractivity contribution in [3.05, 3.63) is 59.4 Å². The summed E-state index contributed by atoms with van der Waals surface area (Å²) in [6, 6.07) is 5.05. The van der Waals surface area contributed by atoms with Gasteiger partial charge in [0.05, 0.1) is 17.6 Å². The van der Waals surface area contributed by atoms with Crippen LogP contribution in [-0.4, -0.2) is 54.9 Å². The molecule has 32 heavy (non-hydrogen) atoms. The van der Waals surface area contributed by atoms with E-state index in [0.29, 0.717) is 17.4 Å². The van der Waals surface area contributed by atoms with Crippen LogP contribution in [0.1, 0.15) is 21.7 Å². The number of ketones is 1. The number of amides is 1. The molecule has 1 amide bonds. The van der Waals surface area contributed by atoms with Crippen LogP contribution in [0.25, 0.3) is 5.69 Å². The third-order valence-electron chi connectivity index (χ3n) is 4.55. The Balaban J connectivity index is 1.93. The molecule has 3 aromatic rings. The predicted molar refractivity (Wildman–Crippen MR) is 109 cm³/mol. The van der Waals surface area contributed by atoms with Crippen LogP contribution in [0.4, 0.5) is 17.6 Å². The van der Waals surface area contributed by atoms with Gasteiger partial charge in [0.2, 0.25) is 5.78 Å². The standard InChI is InChI=1S/C20H19F4N5O2S/c1-12-13(10-28(3)26-12)9-27(2)18(31)16-8-25-19(32-11-17(30)20(22,23)24)29(16)15-6-4-14(21)5-7-15/h4-8,10H,9,11H2,1-3H3. The average molecular weight is 469 g/mol. The first-order valence-corrected chi connectivity index (χ1v) is 10.3. The van der Waals surface area contributed by atoms with Crippen molar-refractivity contribution < 1.29 is 27.2 Å². The Labute approximate surface area is 185 Å². The molecule has 3 rings (SSSR count). The minimum Gasteiger partial charge on any atom is -0.336 e. The van der Waals surface area contributed by atoms with Crippen molar-refractivity contribution in [1.29, 1.82) is 0 Å². The van der Waals surface area contributed by atoms with Crippen molar-refractivity contribution >= 4 is 23.5 Å². The first kappa shape index (κ1) is 23.5. The van der Waals surface area contributed by atoms with Crippen molar-refractivity contribution in [3.8, 4) is 5.69 Å². The van der Waals surface area contributed by atoms with Gasteiger partial charge < -0.3 is 4.90 Å². The lowest BCUT2D eigenvalue weighted by Crippen LogP contribution is -2.28. The van der Waals surface area contributed by atoms with Crippen LogP contribution >= 0.6 is 11.8 Å². The average Bonchev–Trinajstić information content (AvgIpc) is 3.27. The van der Waals surface area contributed by atoms with Gasteiger partial charge in [-0.2, -0.15) is 18.3 Å². The third-order valence-corrected chi connectivity index (χ3v) is 5.50. The first-order chi connectivity index (χ1) is 15.0. The molecular formula is C20H19F4N5O2S. The fraction of sp³-hybridized carbons (Fsp3) is 0.300. The van der Waals surface area contributed by atoms with E-state index in [1.54, 1.807) is 25.0 Å². The van der Waals surface area contributed by atoms with E-state index in [-0.39, 0.29) is 17.4 Å². The summed E-state index contributed by atoms with van der Waals surface area (Å²) in [5.74, 6) is -3.81. The number of halogens is 4. The summed E-state index contributed by atoms with van der Waals surface area (Å²) in [6.45, 7) is 2.05. The third kappa shape index (κ3) is 5.18. The van der Waals surface area contributed by atoms with Crippen molar-refractivity contribution in [2.24, 2.45) is 7.05 Å². The van der Waals surface area contributed by atoms with Crippen molar-refractivity contribution in [1.82, 2.24) is 24.2 Å². The number of imidazole rings is 1. The highest BCUT2D eigenvalue weighted by Gasteiger charge is 2.38. The molecule has 2 aromatic heterocycles. The summed E-state index contributed by atoms with van der Waals surface area (Å²) < 4.78 is 54.1. The van der Waals surface area contributed by atoms with E-state index >= 15 is 0 Å². The zero-order chi connectivity index (χ0) is 23.6. The molecule has 0 saturated heterocycles. The van der Waals surface area contributed by atoms with Crippen molar-refractivity contribution in [3.63, 3.8) is 0 Å². The minimum absolute atomic E-state index is 0.00326. The fourth-order valence-corrected chi connectivity index (χ4v) is 3.85. The molecule has 170 valence electrons. The summed E-state index contributed by atoms with van der Waals surface area (Å²) in [7, 11) is 3.32. The second kappa shape index (κ2) is 9.15. The SMILES string of the molecule is Cc1nn(C)cc1CN(C)C(=O)c1cnc(SCC(=O)C(F)(F)F)n1-c1ccc(F)cc1. The number of aromatic nitrogens is 4. The Morgan fingerprint density at radius 1 is 1.19 bits per heavy atom. The van der Waals surface area contributed by atoms with Crippen LogP contribution in [-0.2, 0) is 18.4 Å². The zero-order valence-electron chi connectivity index (χ0n) is 17.4. The number of carbonyl (C=O) groups excluding carboxylic acids is 2. The van der Waals surface area contributed by atoms with E-state index in [2.05, 4.69) is 10.1 Å². The number of rotatable bonds is 7.